The molecule has 1 unspecified atom stereocenters. The van der Waals surface area contributed by atoms with Crippen molar-refractivity contribution in [3.63, 3.8) is 0 Å². The summed E-state index contributed by atoms with van der Waals surface area (Å²) < 4.78 is 2.05. The second kappa shape index (κ2) is 9.59. The molecule has 1 N–H and O–H groups in total. The van der Waals surface area contributed by atoms with Crippen molar-refractivity contribution in [3.05, 3.63) is 78.9 Å². The summed E-state index contributed by atoms with van der Waals surface area (Å²) in [4.78, 5) is 12.3. The zero-order chi connectivity index (χ0) is 20.8. The van der Waals surface area contributed by atoms with Gasteiger partial charge in [0.25, 0.3) is 0 Å². The Hall–Kier alpha value is -3.12. The molecule has 1 aliphatic rings. The molecule has 0 radical (unpaired) electrons. The molecule has 5 nitrogen and oxygen atoms in total. The third-order valence-corrected chi connectivity index (χ3v) is 5.91. The molecule has 0 bridgehead atoms. The van der Waals surface area contributed by atoms with Gasteiger partial charge in [-0.15, -0.1) is 10.2 Å². The van der Waals surface area contributed by atoms with Crippen molar-refractivity contribution in [1.29, 1.82) is 0 Å². The first kappa shape index (κ1) is 20.2. The maximum atomic E-state index is 12.3. The molecule has 3 aromatic rings. The maximum absolute atomic E-state index is 12.3. The predicted molar refractivity (Wildman–Crippen MR) is 122 cm³/mol. The van der Waals surface area contributed by atoms with Gasteiger partial charge in [0.2, 0.25) is 5.91 Å². The highest BCUT2D eigenvalue weighted by molar-refractivity contribution is 7.99. The number of rotatable bonds is 7. The molecule has 2 aromatic carbocycles. The number of aromatic nitrogens is 3. The van der Waals surface area contributed by atoms with E-state index >= 15 is 0 Å². The standard InChI is InChI=1S/C24H24N4OS/c1-2-28-23(20-15-13-19(14-16-20)18-9-5-3-6-10-18)26-27-24(28)30-17-22(29)25-21-11-7-4-8-12-21/h3-11,13-16,21H,2,12,17H2,1H3,(H,25,29). The highest BCUT2D eigenvalue weighted by Gasteiger charge is 2.16. The average Bonchev–Trinajstić information content (AvgIpc) is 3.22. The van der Waals surface area contributed by atoms with Crippen molar-refractivity contribution in [3.8, 4) is 22.5 Å². The molecule has 1 heterocycles. The van der Waals surface area contributed by atoms with Crippen molar-refractivity contribution in [2.24, 2.45) is 0 Å². The molecule has 0 aliphatic heterocycles. The Kier molecular flexibility index (Phi) is 6.44. The number of carbonyl (C=O) groups is 1. The lowest BCUT2D eigenvalue weighted by Gasteiger charge is -2.14. The fourth-order valence-electron chi connectivity index (χ4n) is 3.40. The minimum atomic E-state index is 0.00404. The van der Waals surface area contributed by atoms with Gasteiger partial charge in [-0.2, -0.15) is 0 Å². The number of nitrogens with zero attached hydrogens (tertiary/aromatic N) is 3. The molecule has 0 saturated heterocycles. The Bertz CT molecular complexity index is 1050. The first-order chi connectivity index (χ1) is 14.7. The van der Waals surface area contributed by atoms with Gasteiger partial charge in [-0.1, -0.05) is 90.7 Å². The highest BCUT2D eigenvalue weighted by atomic mass is 32.2. The van der Waals surface area contributed by atoms with Crippen LogP contribution >= 0.6 is 11.8 Å². The summed E-state index contributed by atoms with van der Waals surface area (Å²) in [6, 6.07) is 18.7. The van der Waals surface area contributed by atoms with Crippen LogP contribution in [0.2, 0.25) is 0 Å². The molecule has 1 aliphatic carbocycles. The van der Waals surface area contributed by atoms with Crippen LogP contribution < -0.4 is 5.32 Å². The summed E-state index contributed by atoms with van der Waals surface area (Å²) >= 11 is 1.42. The van der Waals surface area contributed by atoms with Crippen molar-refractivity contribution >= 4 is 17.7 Å². The first-order valence-electron chi connectivity index (χ1n) is 10.1. The number of hydrogen-bond acceptors (Lipinski definition) is 4. The van der Waals surface area contributed by atoms with E-state index in [-0.39, 0.29) is 11.9 Å². The minimum absolute atomic E-state index is 0.00404. The van der Waals surface area contributed by atoms with Crippen molar-refractivity contribution in [2.75, 3.05) is 5.75 Å². The average molecular weight is 417 g/mol. The van der Waals surface area contributed by atoms with Crippen molar-refractivity contribution < 1.29 is 4.79 Å². The van der Waals surface area contributed by atoms with Gasteiger partial charge in [0.15, 0.2) is 11.0 Å². The Morgan fingerprint density at radius 1 is 1.03 bits per heavy atom. The van der Waals surface area contributed by atoms with Crippen LogP contribution in [0.5, 0.6) is 0 Å². The summed E-state index contributed by atoms with van der Waals surface area (Å²) in [7, 11) is 0. The van der Waals surface area contributed by atoms with Crippen LogP contribution in [-0.4, -0.2) is 32.5 Å². The number of carbonyl (C=O) groups excluding carboxylic acids is 1. The molecule has 0 saturated carbocycles. The van der Waals surface area contributed by atoms with E-state index in [0.29, 0.717) is 5.75 Å². The largest absolute Gasteiger partial charge is 0.349 e. The Labute approximate surface area is 180 Å². The first-order valence-corrected chi connectivity index (χ1v) is 11.1. The van der Waals surface area contributed by atoms with Gasteiger partial charge in [0, 0.05) is 12.1 Å². The number of hydrogen-bond donors (Lipinski definition) is 1. The summed E-state index contributed by atoms with van der Waals surface area (Å²) in [6.45, 7) is 2.80. The van der Waals surface area contributed by atoms with Gasteiger partial charge in [0.1, 0.15) is 0 Å². The quantitative estimate of drug-likeness (QED) is 0.566. The van der Waals surface area contributed by atoms with Gasteiger partial charge >= 0.3 is 0 Å². The normalized spacial score (nSPS) is 15.3. The minimum Gasteiger partial charge on any atom is -0.349 e. The van der Waals surface area contributed by atoms with Crippen LogP contribution in [0.15, 0.2) is 84.1 Å². The van der Waals surface area contributed by atoms with Crippen LogP contribution in [-0.2, 0) is 11.3 Å². The molecule has 0 fully saturated rings. The topological polar surface area (TPSA) is 59.8 Å². The Balaban J connectivity index is 1.43. The summed E-state index contributed by atoms with van der Waals surface area (Å²) in [5, 5.41) is 12.5. The lowest BCUT2D eigenvalue weighted by Crippen LogP contribution is -2.34. The number of allylic oxidation sites excluding steroid dienone is 2. The van der Waals surface area contributed by atoms with Crippen molar-refractivity contribution in [2.45, 2.75) is 31.1 Å². The smallest absolute Gasteiger partial charge is 0.230 e. The van der Waals surface area contributed by atoms with Crippen LogP contribution in [0.4, 0.5) is 0 Å². The van der Waals surface area contributed by atoms with Crippen LogP contribution in [0, 0.1) is 0 Å². The molecule has 152 valence electrons. The molecule has 0 spiro atoms. The van der Waals surface area contributed by atoms with E-state index in [9.17, 15) is 4.79 Å². The number of nitrogens with one attached hydrogen (secondary N) is 1. The van der Waals surface area contributed by atoms with Crippen LogP contribution in [0.1, 0.15) is 13.3 Å². The maximum Gasteiger partial charge on any atom is 0.230 e. The van der Waals surface area contributed by atoms with E-state index in [1.807, 2.05) is 36.4 Å². The molecule has 4 rings (SSSR count). The molecule has 6 heteroatoms. The Morgan fingerprint density at radius 3 is 2.47 bits per heavy atom. The summed E-state index contributed by atoms with van der Waals surface area (Å²) in [5.41, 5.74) is 3.37. The van der Waals surface area contributed by atoms with E-state index in [1.165, 1.54) is 22.9 Å². The van der Waals surface area contributed by atoms with E-state index < -0.39 is 0 Å². The monoisotopic (exact) mass is 416 g/mol. The summed E-state index contributed by atoms with van der Waals surface area (Å²) in [5.74, 6) is 1.14. The molecular formula is C24H24N4OS. The lowest BCUT2D eigenvalue weighted by molar-refractivity contribution is -0.118. The van der Waals surface area contributed by atoms with E-state index in [1.54, 1.807) is 0 Å². The predicted octanol–water partition coefficient (Wildman–Crippen LogP) is 4.73. The summed E-state index contributed by atoms with van der Waals surface area (Å²) in [6.07, 6.45) is 8.86. The Morgan fingerprint density at radius 2 is 1.77 bits per heavy atom. The van der Waals surface area contributed by atoms with Gasteiger partial charge in [-0.05, 0) is 24.5 Å². The SMILES string of the molecule is CCn1c(SCC(=O)NC2C=CC=CC2)nnc1-c1ccc(-c2ccccc2)cc1. The molecule has 1 atom stereocenters. The zero-order valence-corrected chi connectivity index (χ0v) is 17.7. The number of benzene rings is 2. The lowest BCUT2D eigenvalue weighted by atomic mass is 10.0. The van der Waals surface area contributed by atoms with Crippen molar-refractivity contribution in [1.82, 2.24) is 20.1 Å². The highest BCUT2D eigenvalue weighted by Crippen LogP contribution is 2.26. The third kappa shape index (κ3) is 4.71. The second-order valence-corrected chi connectivity index (χ2v) is 7.95. The van der Waals surface area contributed by atoms with Gasteiger partial charge < -0.3 is 9.88 Å². The van der Waals surface area contributed by atoms with Gasteiger partial charge in [-0.3, -0.25) is 4.79 Å². The molecule has 30 heavy (non-hydrogen) atoms. The number of amides is 1. The van der Waals surface area contributed by atoms with Gasteiger partial charge in [0.05, 0.1) is 11.8 Å². The fourth-order valence-corrected chi connectivity index (χ4v) is 4.22. The van der Waals surface area contributed by atoms with Gasteiger partial charge in [-0.25, -0.2) is 0 Å². The zero-order valence-electron chi connectivity index (χ0n) is 16.9. The fraction of sp³-hybridized carbons (Fsp3) is 0.208. The third-order valence-electron chi connectivity index (χ3n) is 4.94. The van der Waals surface area contributed by atoms with Crippen LogP contribution in [0.25, 0.3) is 22.5 Å². The van der Waals surface area contributed by atoms with E-state index in [4.69, 9.17) is 0 Å². The molecular weight excluding hydrogens is 392 g/mol. The number of thioether (sulfide) groups is 1. The molecule has 1 aromatic heterocycles. The van der Waals surface area contributed by atoms with E-state index in [2.05, 4.69) is 69.5 Å². The second-order valence-electron chi connectivity index (χ2n) is 7.01. The molecule has 1 amide bonds. The van der Waals surface area contributed by atoms with E-state index in [0.717, 1.165) is 29.5 Å². The van der Waals surface area contributed by atoms with Crippen LogP contribution in [0.3, 0.4) is 0 Å².